The lowest BCUT2D eigenvalue weighted by atomic mass is 10.1. The molecule has 0 radical (unpaired) electrons. The monoisotopic (exact) mass is 391 g/mol. The van der Waals surface area contributed by atoms with E-state index in [-0.39, 0.29) is 17.3 Å². The lowest BCUT2D eigenvalue weighted by Crippen LogP contribution is -2.34. The van der Waals surface area contributed by atoms with E-state index in [9.17, 15) is 18.0 Å². The zero-order chi connectivity index (χ0) is 19.8. The number of carbonyl (C=O) groups is 1. The number of amides is 2. The van der Waals surface area contributed by atoms with Crippen LogP contribution in [0.25, 0.3) is 5.65 Å². The SMILES string of the molecule is CC1CN(C(=O)Nc2cnnc(CF)c2)c2cnc3cc(CC(F)F)nn3c21. The second-order valence-corrected chi connectivity index (χ2v) is 6.54. The molecule has 28 heavy (non-hydrogen) atoms. The highest BCUT2D eigenvalue weighted by atomic mass is 19.3. The molecule has 0 fully saturated rings. The second kappa shape index (κ2) is 7.06. The first-order valence-electron chi connectivity index (χ1n) is 8.58. The summed E-state index contributed by atoms with van der Waals surface area (Å²) >= 11 is 0. The van der Waals surface area contributed by atoms with Crippen molar-refractivity contribution in [3.05, 3.63) is 41.6 Å². The summed E-state index contributed by atoms with van der Waals surface area (Å²) in [7, 11) is 0. The molecule has 4 rings (SSSR count). The van der Waals surface area contributed by atoms with Crippen LogP contribution >= 0.6 is 0 Å². The highest BCUT2D eigenvalue weighted by Gasteiger charge is 2.33. The van der Waals surface area contributed by atoms with Crippen molar-refractivity contribution in [1.29, 1.82) is 0 Å². The molecule has 0 saturated carbocycles. The van der Waals surface area contributed by atoms with Gasteiger partial charge in [-0.2, -0.15) is 15.3 Å². The third-order valence-electron chi connectivity index (χ3n) is 4.47. The minimum Gasteiger partial charge on any atom is -0.306 e. The smallest absolute Gasteiger partial charge is 0.306 e. The van der Waals surface area contributed by atoms with Crippen LogP contribution in [0.3, 0.4) is 0 Å². The molecule has 2 amide bonds. The largest absolute Gasteiger partial charge is 0.326 e. The van der Waals surface area contributed by atoms with Gasteiger partial charge in [0.25, 0.3) is 0 Å². The van der Waals surface area contributed by atoms with E-state index in [1.807, 2.05) is 6.92 Å². The van der Waals surface area contributed by atoms with E-state index in [1.54, 1.807) is 0 Å². The molecule has 0 aromatic carbocycles. The van der Waals surface area contributed by atoms with Gasteiger partial charge in [-0.25, -0.2) is 27.5 Å². The number of urea groups is 1. The van der Waals surface area contributed by atoms with Crippen LogP contribution in [0.4, 0.5) is 29.3 Å². The Morgan fingerprint density at radius 1 is 1.32 bits per heavy atom. The van der Waals surface area contributed by atoms with Crippen molar-refractivity contribution in [3.63, 3.8) is 0 Å². The minimum absolute atomic E-state index is 0.0810. The molecule has 3 aromatic heterocycles. The van der Waals surface area contributed by atoms with Crippen molar-refractivity contribution >= 4 is 23.1 Å². The van der Waals surface area contributed by atoms with Gasteiger partial charge in [0.2, 0.25) is 6.43 Å². The molecule has 1 N–H and O–H groups in total. The highest BCUT2D eigenvalue weighted by Crippen LogP contribution is 2.36. The zero-order valence-electron chi connectivity index (χ0n) is 14.8. The topological polar surface area (TPSA) is 88.3 Å². The van der Waals surface area contributed by atoms with E-state index >= 15 is 0 Å². The number of nitrogens with one attached hydrogen (secondary N) is 1. The number of aromatic nitrogens is 5. The quantitative estimate of drug-likeness (QED) is 0.739. The van der Waals surface area contributed by atoms with E-state index < -0.39 is 25.6 Å². The maximum Gasteiger partial charge on any atom is 0.326 e. The number of rotatable bonds is 4. The van der Waals surface area contributed by atoms with Crippen LogP contribution in [0, 0.1) is 0 Å². The van der Waals surface area contributed by atoms with E-state index in [4.69, 9.17) is 0 Å². The third-order valence-corrected chi connectivity index (χ3v) is 4.47. The van der Waals surface area contributed by atoms with Gasteiger partial charge in [-0.05, 0) is 6.07 Å². The fourth-order valence-corrected chi connectivity index (χ4v) is 3.30. The fourth-order valence-electron chi connectivity index (χ4n) is 3.30. The first-order chi connectivity index (χ1) is 13.5. The molecular formula is C17H16F3N7O. The van der Waals surface area contributed by atoms with Gasteiger partial charge in [-0.1, -0.05) is 6.92 Å². The Labute approximate surface area is 157 Å². The maximum atomic E-state index is 12.7. The lowest BCUT2D eigenvalue weighted by molar-refractivity contribution is 0.147. The van der Waals surface area contributed by atoms with Gasteiger partial charge in [0.1, 0.15) is 6.67 Å². The van der Waals surface area contributed by atoms with Crippen molar-refractivity contribution in [2.45, 2.75) is 32.4 Å². The van der Waals surface area contributed by atoms with Gasteiger partial charge >= 0.3 is 6.03 Å². The molecule has 0 aliphatic carbocycles. The molecular weight excluding hydrogens is 375 g/mol. The molecule has 0 spiro atoms. The summed E-state index contributed by atoms with van der Waals surface area (Å²) < 4.78 is 39.6. The summed E-state index contributed by atoms with van der Waals surface area (Å²) in [5.74, 6) is -0.0810. The van der Waals surface area contributed by atoms with E-state index in [0.717, 1.165) is 5.69 Å². The van der Waals surface area contributed by atoms with E-state index in [2.05, 4.69) is 25.6 Å². The minimum atomic E-state index is -2.50. The molecule has 1 aliphatic heterocycles. The summed E-state index contributed by atoms with van der Waals surface area (Å²) in [6.07, 6.45) is -0.105. The van der Waals surface area contributed by atoms with Crippen LogP contribution in [0.5, 0.6) is 0 Å². The molecule has 1 atom stereocenters. The third kappa shape index (κ3) is 3.23. The number of halogens is 3. The number of fused-ring (bicyclic) bond motifs is 3. The normalized spacial score (nSPS) is 16.0. The van der Waals surface area contributed by atoms with Crippen LogP contribution in [0.1, 0.15) is 29.9 Å². The van der Waals surface area contributed by atoms with Gasteiger partial charge in [-0.3, -0.25) is 4.90 Å². The van der Waals surface area contributed by atoms with E-state index in [0.29, 0.717) is 23.6 Å². The first kappa shape index (κ1) is 18.1. The molecule has 4 heterocycles. The number of alkyl halides is 3. The van der Waals surface area contributed by atoms with Gasteiger partial charge in [0.15, 0.2) is 5.65 Å². The molecule has 0 saturated heterocycles. The van der Waals surface area contributed by atoms with Crippen LogP contribution in [-0.4, -0.2) is 43.8 Å². The van der Waals surface area contributed by atoms with Gasteiger partial charge < -0.3 is 5.32 Å². The first-order valence-corrected chi connectivity index (χ1v) is 8.58. The molecule has 0 bridgehead atoms. The average molecular weight is 391 g/mol. The van der Waals surface area contributed by atoms with Gasteiger partial charge in [0, 0.05) is 18.5 Å². The Morgan fingerprint density at radius 3 is 2.89 bits per heavy atom. The molecule has 3 aromatic rings. The summed E-state index contributed by atoms with van der Waals surface area (Å²) in [6, 6.07) is 2.48. The average Bonchev–Trinajstić information content (AvgIpc) is 3.21. The Balaban J connectivity index is 1.64. The number of hydrogen-bond donors (Lipinski definition) is 1. The maximum absolute atomic E-state index is 12.7. The summed E-state index contributed by atoms with van der Waals surface area (Å²) in [5.41, 5.74) is 2.39. The van der Waals surface area contributed by atoms with Gasteiger partial charge in [0.05, 0.1) is 47.3 Å². The second-order valence-electron chi connectivity index (χ2n) is 6.54. The molecule has 146 valence electrons. The van der Waals surface area contributed by atoms with Crippen molar-refractivity contribution in [1.82, 2.24) is 24.8 Å². The predicted octanol–water partition coefficient (Wildman–Crippen LogP) is 2.95. The Morgan fingerprint density at radius 2 is 2.14 bits per heavy atom. The van der Waals surface area contributed by atoms with Crippen molar-refractivity contribution < 1.29 is 18.0 Å². The number of anilines is 2. The molecule has 1 unspecified atom stereocenters. The standard InChI is InChI=1S/C17H16F3N7O/c1-9-8-26(17(28)23-12-2-11(5-18)24-22-6-12)13-7-21-15-4-10(3-14(19)20)25-27(15)16(9)13/h2,4,6-7,9,14H,3,5,8H2,1H3,(H,23,24,28). The summed E-state index contributed by atoms with van der Waals surface area (Å²) in [5, 5.41) is 14.1. The van der Waals surface area contributed by atoms with Gasteiger partial charge in [-0.15, -0.1) is 0 Å². The molecule has 11 heteroatoms. The Kier molecular flexibility index (Phi) is 4.57. The Hall–Kier alpha value is -3.24. The van der Waals surface area contributed by atoms with Crippen molar-refractivity contribution in [2.75, 3.05) is 16.8 Å². The molecule has 1 aliphatic rings. The predicted molar refractivity (Wildman–Crippen MR) is 94.3 cm³/mol. The van der Waals surface area contributed by atoms with Crippen molar-refractivity contribution in [3.8, 4) is 0 Å². The van der Waals surface area contributed by atoms with E-state index in [1.165, 1.54) is 33.9 Å². The van der Waals surface area contributed by atoms with Crippen molar-refractivity contribution in [2.24, 2.45) is 0 Å². The van der Waals surface area contributed by atoms with Crippen LogP contribution in [0.15, 0.2) is 24.5 Å². The number of hydrogen-bond acceptors (Lipinski definition) is 5. The van der Waals surface area contributed by atoms with Crippen LogP contribution in [0.2, 0.25) is 0 Å². The van der Waals surface area contributed by atoms with Crippen LogP contribution in [-0.2, 0) is 13.1 Å². The zero-order valence-corrected chi connectivity index (χ0v) is 14.8. The van der Waals surface area contributed by atoms with Crippen LogP contribution < -0.4 is 10.2 Å². The summed E-state index contributed by atoms with van der Waals surface area (Å²) in [6.45, 7) is 1.48. The molecule has 8 nitrogen and oxygen atoms in total. The fraction of sp³-hybridized carbons (Fsp3) is 0.353. The highest BCUT2D eigenvalue weighted by molar-refractivity contribution is 6.03. The Bertz CT molecular complexity index is 1040. The summed E-state index contributed by atoms with van der Waals surface area (Å²) in [4.78, 5) is 18.5. The number of carbonyl (C=O) groups excluding carboxylic acids is 1. The number of nitrogens with zero attached hydrogens (tertiary/aromatic N) is 6. The lowest BCUT2D eigenvalue weighted by Gasteiger charge is -2.17.